The molecule has 1 N–H and O–H groups in total. The summed E-state index contributed by atoms with van der Waals surface area (Å²) in [5.41, 5.74) is 1.38. The van der Waals surface area contributed by atoms with Crippen LogP contribution in [0.2, 0.25) is 0 Å². The molecule has 3 rings (SSSR count). The molecule has 1 aromatic carbocycles. The van der Waals surface area contributed by atoms with E-state index in [9.17, 15) is 0 Å². The molecule has 1 aromatic heterocycles. The summed E-state index contributed by atoms with van der Waals surface area (Å²) < 4.78 is 1.79. The Labute approximate surface area is 119 Å². The molecular formula is C15H21N5. The standard InChI is InChI=1S/C15H21N5/c1-19-15(10-16-18-19)17-14-8-5-9-20(12-14)11-13-6-3-2-4-7-13/h2-4,6-7,10,14,17H,5,8-9,11-12H2,1H3. The fraction of sp³-hybridized carbons (Fsp3) is 0.467. The summed E-state index contributed by atoms with van der Waals surface area (Å²) in [5, 5.41) is 11.4. The van der Waals surface area contributed by atoms with Crippen LogP contribution in [0.5, 0.6) is 0 Å². The zero-order valence-corrected chi connectivity index (χ0v) is 11.9. The van der Waals surface area contributed by atoms with Crippen LogP contribution in [0.15, 0.2) is 36.5 Å². The van der Waals surface area contributed by atoms with Gasteiger partial charge in [0.2, 0.25) is 0 Å². The van der Waals surface area contributed by atoms with Gasteiger partial charge < -0.3 is 5.32 Å². The lowest BCUT2D eigenvalue weighted by molar-refractivity contribution is 0.208. The second-order valence-corrected chi connectivity index (χ2v) is 5.45. The van der Waals surface area contributed by atoms with E-state index in [1.54, 1.807) is 10.9 Å². The number of hydrogen-bond donors (Lipinski definition) is 1. The van der Waals surface area contributed by atoms with Gasteiger partial charge >= 0.3 is 0 Å². The third kappa shape index (κ3) is 3.17. The molecule has 0 saturated carbocycles. The summed E-state index contributed by atoms with van der Waals surface area (Å²) in [7, 11) is 1.92. The smallest absolute Gasteiger partial charge is 0.144 e. The molecule has 106 valence electrons. The average molecular weight is 271 g/mol. The Bertz CT molecular complexity index is 536. The molecule has 0 bridgehead atoms. The van der Waals surface area contributed by atoms with Crippen molar-refractivity contribution in [2.75, 3.05) is 18.4 Å². The molecule has 0 amide bonds. The molecule has 1 unspecified atom stereocenters. The predicted molar refractivity (Wildman–Crippen MR) is 79.4 cm³/mol. The first-order chi connectivity index (χ1) is 9.81. The van der Waals surface area contributed by atoms with Crippen molar-refractivity contribution in [3.63, 3.8) is 0 Å². The molecule has 1 aliphatic heterocycles. The Morgan fingerprint density at radius 2 is 2.15 bits per heavy atom. The van der Waals surface area contributed by atoms with Crippen molar-refractivity contribution >= 4 is 5.82 Å². The highest BCUT2D eigenvalue weighted by Crippen LogP contribution is 2.17. The summed E-state index contributed by atoms with van der Waals surface area (Å²) in [6.07, 6.45) is 4.22. The number of nitrogens with one attached hydrogen (secondary N) is 1. The number of piperidine rings is 1. The minimum atomic E-state index is 0.477. The number of benzene rings is 1. The van der Waals surface area contributed by atoms with Crippen LogP contribution < -0.4 is 5.32 Å². The van der Waals surface area contributed by atoms with Crippen molar-refractivity contribution in [2.45, 2.75) is 25.4 Å². The van der Waals surface area contributed by atoms with Gasteiger partial charge in [-0.1, -0.05) is 35.5 Å². The van der Waals surface area contributed by atoms with Crippen LogP contribution in [0.25, 0.3) is 0 Å². The van der Waals surface area contributed by atoms with Crippen molar-refractivity contribution < 1.29 is 0 Å². The first-order valence-corrected chi connectivity index (χ1v) is 7.19. The highest BCUT2D eigenvalue weighted by molar-refractivity contribution is 5.32. The molecule has 5 nitrogen and oxygen atoms in total. The number of likely N-dealkylation sites (tertiary alicyclic amines) is 1. The topological polar surface area (TPSA) is 46.0 Å². The van der Waals surface area contributed by atoms with Crippen molar-refractivity contribution in [2.24, 2.45) is 7.05 Å². The molecule has 2 aromatic rings. The van der Waals surface area contributed by atoms with Gasteiger partial charge in [-0.15, -0.1) is 5.10 Å². The minimum absolute atomic E-state index is 0.477. The Kier molecular flexibility index (Phi) is 3.97. The lowest BCUT2D eigenvalue weighted by Crippen LogP contribution is -2.41. The van der Waals surface area contributed by atoms with E-state index in [0.29, 0.717) is 6.04 Å². The SMILES string of the molecule is Cn1nncc1NC1CCCN(Cc2ccccc2)C1. The van der Waals surface area contributed by atoms with Gasteiger partial charge in [0.1, 0.15) is 5.82 Å². The molecule has 2 heterocycles. The highest BCUT2D eigenvalue weighted by atomic mass is 15.4. The zero-order chi connectivity index (χ0) is 13.8. The van der Waals surface area contributed by atoms with Gasteiger partial charge in [-0.25, -0.2) is 4.68 Å². The van der Waals surface area contributed by atoms with E-state index >= 15 is 0 Å². The van der Waals surface area contributed by atoms with Gasteiger partial charge in [0.05, 0.1) is 6.20 Å². The molecule has 1 saturated heterocycles. The maximum Gasteiger partial charge on any atom is 0.144 e. The van der Waals surface area contributed by atoms with Crippen LogP contribution in [-0.2, 0) is 13.6 Å². The number of aryl methyl sites for hydroxylation is 1. The highest BCUT2D eigenvalue weighted by Gasteiger charge is 2.20. The lowest BCUT2D eigenvalue weighted by atomic mass is 10.0. The first-order valence-electron chi connectivity index (χ1n) is 7.19. The zero-order valence-electron chi connectivity index (χ0n) is 11.9. The van der Waals surface area contributed by atoms with E-state index < -0.39 is 0 Å². The Hall–Kier alpha value is -1.88. The van der Waals surface area contributed by atoms with E-state index in [4.69, 9.17) is 0 Å². The monoisotopic (exact) mass is 271 g/mol. The van der Waals surface area contributed by atoms with E-state index in [0.717, 1.165) is 18.9 Å². The van der Waals surface area contributed by atoms with Gasteiger partial charge in [-0.3, -0.25) is 4.90 Å². The molecular weight excluding hydrogens is 250 g/mol. The van der Waals surface area contributed by atoms with E-state index in [1.165, 1.54) is 24.9 Å². The maximum atomic E-state index is 3.96. The van der Waals surface area contributed by atoms with Gasteiger partial charge in [0, 0.05) is 26.2 Å². The molecule has 1 atom stereocenters. The van der Waals surface area contributed by atoms with Gasteiger partial charge in [0.15, 0.2) is 0 Å². The van der Waals surface area contributed by atoms with E-state index in [-0.39, 0.29) is 0 Å². The van der Waals surface area contributed by atoms with E-state index in [1.807, 2.05) is 7.05 Å². The van der Waals surface area contributed by atoms with Gasteiger partial charge in [0.25, 0.3) is 0 Å². The van der Waals surface area contributed by atoms with Crippen LogP contribution >= 0.6 is 0 Å². The van der Waals surface area contributed by atoms with Crippen LogP contribution in [0, 0.1) is 0 Å². The fourth-order valence-corrected chi connectivity index (χ4v) is 2.79. The van der Waals surface area contributed by atoms with Crippen molar-refractivity contribution in [3.8, 4) is 0 Å². The second-order valence-electron chi connectivity index (χ2n) is 5.45. The number of rotatable bonds is 4. The third-order valence-corrected chi connectivity index (χ3v) is 3.82. The van der Waals surface area contributed by atoms with Crippen molar-refractivity contribution in [1.29, 1.82) is 0 Å². The molecule has 0 radical (unpaired) electrons. The second kappa shape index (κ2) is 6.05. The quantitative estimate of drug-likeness (QED) is 0.922. The first kappa shape index (κ1) is 13.1. The molecule has 20 heavy (non-hydrogen) atoms. The van der Waals surface area contributed by atoms with Crippen LogP contribution in [-0.4, -0.2) is 39.0 Å². The Morgan fingerprint density at radius 1 is 1.30 bits per heavy atom. The summed E-state index contributed by atoms with van der Waals surface area (Å²) in [4.78, 5) is 2.51. The summed E-state index contributed by atoms with van der Waals surface area (Å²) in [6.45, 7) is 3.28. The van der Waals surface area contributed by atoms with Gasteiger partial charge in [-0.05, 0) is 24.9 Å². The van der Waals surface area contributed by atoms with Crippen LogP contribution in [0.3, 0.4) is 0 Å². The largest absolute Gasteiger partial charge is 0.365 e. The van der Waals surface area contributed by atoms with Crippen molar-refractivity contribution in [3.05, 3.63) is 42.1 Å². The molecule has 0 spiro atoms. The molecule has 1 aliphatic rings. The summed E-state index contributed by atoms with van der Waals surface area (Å²) in [6, 6.07) is 11.2. The summed E-state index contributed by atoms with van der Waals surface area (Å²) in [5.74, 6) is 0.997. The van der Waals surface area contributed by atoms with Gasteiger partial charge in [-0.2, -0.15) is 0 Å². The van der Waals surface area contributed by atoms with Crippen LogP contribution in [0.1, 0.15) is 18.4 Å². The predicted octanol–water partition coefficient (Wildman–Crippen LogP) is 1.89. The minimum Gasteiger partial charge on any atom is -0.365 e. The normalized spacial score (nSPS) is 19.9. The Morgan fingerprint density at radius 3 is 2.90 bits per heavy atom. The lowest BCUT2D eigenvalue weighted by Gasteiger charge is -2.33. The molecule has 0 aliphatic carbocycles. The van der Waals surface area contributed by atoms with Crippen LogP contribution in [0.4, 0.5) is 5.82 Å². The number of anilines is 1. The molecule has 1 fully saturated rings. The maximum absolute atomic E-state index is 3.96. The van der Waals surface area contributed by atoms with E-state index in [2.05, 4.69) is 50.9 Å². The Balaban J connectivity index is 1.58. The number of nitrogens with zero attached hydrogens (tertiary/aromatic N) is 4. The molecule has 5 heteroatoms. The average Bonchev–Trinajstić information content (AvgIpc) is 2.86. The number of hydrogen-bond acceptors (Lipinski definition) is 4. The fourth-order valence-electron chi connectivity index (χ4n) is 2.79. The summed E-state index contributed by atoms with van der Waals surface area (Å²) >= 11 is 0. The number of aromatic nitrogens is 3. The van der Waals surface area contributed by atoms with Crippen molar-refractivity contribution in [1.82, 2.24) is 19.9 Å². The third-order valence-electron chi connectivity index (χ3n) is 3.82.